The minimum Gasteiger partial charge on any atom is -0.350 e. The molecule has 18 heavy (non-hydrogen) atoms. The number of rotatable bonds is 3. The maximum atomic E-state index is 6.13. The van der Waals surface area contributed by atoms with Crippen LogP contribution in [0.2, 0.25) is 0 Å². The number of aromatic amines is 1. The van der Waals surface area contributed by atoms with E-state index in [1.807, 2.05) is 11.8 Å². The molecule has 3 heteroatoms. The summed E-state index contributed by atoms with van der Waals surface area (Å²) in [4.78, 5) is 3.46. The molecule has 2 aromatic rings. The molecule has 0 bridgehead atoms. The van der Waals surface area contributed by atoms with Gasteiger partial charge < -0.3 is 10.7 Å². The zero-order valence-electron chi connectivity index (χ0n) is 11.5. The van der Waals surface area contributed by atoms with Crippen LogP contribution in [0, 0.1) is 5.41 Å². The van der Waals surface area contributed by atoms with Gasteiger partial charge in [-0.3, -0.25) is 0 Å². The summed E-state index contributed by atoms with van der Waals surface area (Å²) in [6.45, 7) is 8.83. The third kappa shape index (κ3) is 2.90. The van der Waals surface area contributed by atoms with Gasteiger partial charge >= 0.3 is 0 Å². The van der Waals surface area contributed by atoms with Gasteiger partial charge in [-0.25, -0.2) is 0 Å². The highest BCUT2D eigenvalue weighted by Crippen LogP contribution is 2.37. The molecule has 0 saturated heterocycles. The Balaban J connectivity index is 2.26. The van der Waals surface area contributed by atoms with Gasteiger partial charge in [0.25, 0.3) is 0 Å². The monoisotopic (exact) mass is 262 g/mol. The zero-order valence-corrected chi connectivity index (χ0v) is 12.3. The Kier molecular flexibility index (Phi) is 3.74. The van der Waals surface area contributed by atoms with Crippen molar-refractivity contribution >= 4 is 22.7 Å². The van der Waals surface area contributed by atoms with Crippen molar-refractivity contribution in [1.82, 2.24) is 4.98 Å². The number of benzene rings is 1. The molecule has 3 N–H and O–H groups in total. The van der Waals surface area contributed by atoms with Crippen LogP contribution in [0.3, 0.4) is 0 Å². The van der Waals surface area contributed by atoms with E-state index in [2.05, 4.69) is 63.0 Å². The van der Waals surface area contributed by atoms with Gasteiger partial charge in [0.2, 0.25) is 0 Å². The van der Waals surface area contributed by atoms with Crippen LogP contribution >= 0.6 is 11.8 Å². The highest BCUT2D eigenvalue weighted by Gasteiger charge is 2.29. The second kappa shape index (κ2) is 4.98. The molecule has 1 aromatic heterocycles. The van der Waals surface area contributed by atoms with Gasteiger partial charge in [-0.2, -0.15) is 0 Å². The SMILES string of the molecule is CC(N)C(Sc1cc2ccccc2[nH]1)C(C)(C)C. The number of hydrogen-bond donors (Lipinski definition) is 2. The van der Waals surface area contributed by atoms with Gasteiger partial charge in [0, 0.05) is 22.2 Å². The Bertz CT molecular complexity index is 490. The van der Waals surface area contributed by atoms with Crippen molar-refractivity contribution < 1.29 is 0 Å². The topological polar surface area (TPSA) is 41.8 Å². The molecule has 98 valence electrons. The van der Waals surface area contributed by atoms with E-state index in [1.165, 1.54) is 15.9 Å². The number of nitrogens with one attached hydrogen (secondary N) is 1. The first-order valence-electron chi connectivity index (χ1n) is 6.38. The largest absolute Gasteiger partial charge is 0.350 e. The van der Waals surface area contributed by atoms with Crippen LogP contribution in [-0.4, -0.2) is 16.3 Å². The fraction of sp³-hybridized carbons (Fsp3) is 0.467. The lowest BCUT2D eigenvalue weighted by Gasteiger charge is -2.32. The number of para-hydroxylation sites is 1. The lowest BCUT2D eigenvalue weighted by molar-refractivity contribution is 0.363. The molecule has 2 atom stereocenters. The van der Waals surface area contributed by atoms with Gasteiger partial charge in [0.05, 0.1) is 5.03 Å². The molecule has 0 aliphatic carbocycles. The number of H-pyrrole nitrogens is 1. The average Bonchev–Trinajstić information content (AvgIpc) is 2.66. The lowest BCUT2D eigenvalue weighted by Crippen LogP contribution is -2.38. The summed E-state index contributed by atoms with van der Waals surface area (Å²) >= 11 is 1.85. The van der Waals surface area contributed by atoms with Gasteiger partial charge in [-0.15, -0.1) is 11.8 Å². The standard InChI is InChI=1S/C15H22N2S/c1-10(16)14(15(2,3)4)18-13-9-11-7-5-6-8-12(11)17-13/h5-10,14,17H,16H2,1-4H3. The molecule has 2 unspecified atom stereocenters. The third-order valence-electron chi connectivity index (χ3n) is 3.09. The first kappa shape index (κ1) is 13.5. The Morgan fingerprint density at radius 1 is 1.22 bits per heavy atom. The number of aromatic nitrogens is 1. The molecule has 0 aliphatic rings. The molecule has 1 aromatic carbocycles. The second-order valence-electron chi connectivity index (χ2n) is 5.98. The summed E-state index contributed by atoms with van der Waals surface area (Å²) < 4.78 is 0. The number of nitrogens with two attached hydrogens (primary N) is 1. The molecular weight excluding hydrogens is 240 g/mol. The summed E-state index contributed by atoms with van der Waals surface area (Å²) in [6.07, 6.45) is 0. The van der Waals surface area contributed by atoms with Crippen molar-refractivity contribution in [2.75, 3.05) is 0 Å². The Labute approximate surface area is 113 Å². The van der Waals surface area contributed by atoms with Gasteiger partial charge in [-0.05, 0) is 24.5 Å². The Morgan fingerprint density at radius 2 is 1.89 bits per heavy atom. The average molecular weight is 262 g/mol. The van der Waals surface area contributed by atoms with Crippen molar-refractivity contribution in [3.63, 3.8) is 0 Å². The molecule has 0 radical (unpaired) electrons. The van der Waals surface area contributed by atoms with E-state index in [1.54, 1.807) is 0 Å². The third-order valence-corrected chi connectivity index (χ3v) is 4.95. The summed E-state index contributed by atoms with van der Waals surface area (Å²) in [5, 5.41) is 2.86. The van der Waals surface area contributed by atoms with E-state index in [9.17, 15) is 0 Å². The molecule has 2 nitrogen and oxygen atoms in total. The van der Waals surface area contributed by atoms with Crippen molar-refractivity contribution in [2.45, 2.75) is 44.0 Å². The summed E-state index contributed by atoms with van der Waals surface area (Å²) in [7, 11) is 0. The van der Waals surface area contributed by atoms with Crippen molar-refractivity contribution in [1.29, 1.82) is 0 Å². The van der Waals surface area contributed by atoms with E-state index in [4.69, 9.17) is 5.73 Å². The molecule has 0 saturated carbocycles. The van der Waals surface area contributed by atoms with Crippen LogP contribution < -0.4 is 5.73 Å². The van der Waals surface area contributed by atoms with Gasteiger partial charge in [0.1, 0.15) is 0 Å². The molecular formula is C15H22N2S. The molecule has 1 heterocycles. The van der Waals surface area contributed by atoms with Crippen LogP contribution in [0.5, 0.6) is 0 Å². The summed E-state index contributed by atoms with van der Waals surface area (Å²) in [6, 6.07) is 10.7. The number of fused-ring (bicyclic) bond motifs is 1. The fourth-order valence-electron chi connectivity index (χ4n) is 2.32. The van der Waals surface area contributed by atoms with Crippen molar-refractivity contribution in [2.24, 2.45) is 11.1 Å². The first-order chi connectivity index (χ1) is 8.38. The normalized spacial score (nSPS) is 15.8. The Hall–Kier alpha value is -0.930. The van der Waals surface area contributed by atoms with Crippen LogP contribution in [0.25, 0.3) is 10.9 Å². The van der Waals surface area contributed by atoms with Gasteiger partial charge in [-0.1, -0.05) is 39.0 Å². The predicted molar refractivity (Wildman–Crippen MR) is 81.0 cm³/mol. The quantitative estimate of drug-likeness (QED) is 0.820. The van der Waals surface area contributed by atoms with E-state index >= 15 is 0 Å². The highest BCUT2D eigenvalue weighted by atomic mass is 32.2. The van der Waals surface area contributed by atoms with E-state index in [0.717, 1.165) is 0 Å². The maximum Gasteiger partial charge on any atom is 0.0735 e. The molecule has 0 fully saturated rings. The minimum absolute atomic E-state index is 0.168. The molecule has 2 rings (SSSR count). The zero-order chi connectivity index (χ0) is 13.3. The summed E-state index contributed by atoms with van der Waals surface area (Å²) in [5.74, 6) is 0. The molecule has 0 spiro atoms. The van der Waals surface area contributed by atoms with E-state index in [-0.39, 0.29) is 11.5 Å². The fourth-order valence-corrected chi connectivity index (χ4v) is 3.53. The predicted octanol–water partition coefficient (Wildman–Crippen LogP) is 4.02. The van der Waals surface area contributed by atoms with Crippen LogP contribution in [-0.2, 0) is 0 Å². The van der Waals surface area contributed by atoms with Gasteiger partial charge in [0.15, 0.2) is 0 Å². The number of thioether (sulfide) groups is 1. The van der Waals surface area contributed by atoms with Crippen LogP contribution in [0.4, 0.5) is 0 Å². The van der Waals surface area contributed by atoms with Crippen LogP contribution in [0.15, 0.2) is 35.4 Å². The number of hydrogen-bond acceptors (Lipinski definition) is 2. The van der Waals surface area contributed by atoms with Crippen LogP contribution in [0.1, 0.15) is 27.7 Å². The highest BCUT2D eigenvalue weighted by molar-refractivity contribution is 8.00. The van der Waals surface area contributed by atoms with Crippen molar-refractivity contribution in [3.8, 4) is 0 Å². The minimum atomic E-state index is 0.168. The maximum absolute atomic E-state index is 6.13. The van der Waals surface area contributed by atoms with E-state index < -0.39 is 0 Å². The molecule has 0 aliphatic heterocycles. The Morgan fingerprint density at radius 3 is 2.44 bits per heavy atom. The second-order valence-corrected chi connectivity index (χ2v) is 7.17. The van der Waals surface area contributed by atoms with Crippen molar-refractivity contribution in [3.05, 3.63) is 30.3 Å². The smallest absolute Gasteiger partial charge is 0.0735 e. The molecule has 0 amide bonds. The first-order valence-corrected chi connectivity index (χ1v) is 7.26. The van der Waals surface area contributed by atoms with E-state index in [0.29, 0.717) is 5.25 Å². The summed E-state index contributed by atoms with van der Waals surface area (Å²) in [5.41, 5.74) is 7.51. The lowest BCUT2D eigenvalue weighted by atomic mass is 9.88.